The first-order valence-corrected chi connectivity index (χ1v) is 8.10. The van der Waals surface area contributed by atoms with Crippen LogP contribution in [0.5, 0.6) is 5.75 Å². The van der Waals surface area contributed by atoms with Crippen molar-refractivity contribution in [2.24, 2.45) is 0 Å². The first-order valence-electron chi connectivity index (χ1n) is 6.61. The third-order valence-corrected chi connectivity index (χ3v) is 4.39. The number of aryl methyl sites for hydroxylation is 1. The number of benzene rings is 1. The van der Waals surface area contributed by atoms with Gasteiger partial charge < -0.3 is 14.2 Å². The summed E-state index contributed by atoms with van der Waals surface area (Å²) in [5.74, 6) is -0.0829. The molecule has 0 heterocycles. The molecule has 1 aromatic carbocycles. The number of sulfonamides is 1. The molecule has 0 aromatic heterocycles. The van der Waals surface area contributed by atoms with Crippen molar-refractivity contribution in [2.75, 3.05) is 27.4 Å². The standard InChI is InChI=1S/C14H21NO6S/c1-10-7-12(22(17,18)15-11(2)8-19-3)5-6-13(10)21-9-14(16)20-4/h5-7,11,15H,8-9H2,1-4H3/t11-/m0/s1. The fourth-order valence-electron chi connectivity index (χ4n) is 1.76. The molecule has 0 saturated heterocycles. The molecule has 1 N–H and O–H groups in total. The topological polar surface area (TPSA) is 90.9 Å². The number of methoxy groups -OCH3 is 2. The molecule has 8 heteroatoms. The second-order valence-corrected chi connectivity index (χ2v) is 6.48. The zero-order chi connectivity index (χ0) is 16.8. The summed E-state index contributed by atoms with van der Waals surface area (Å²) in [5.41, 5.74) is 0.603. The van der Waals surface area contributed by atoms with Gasteiger partial charge in [-0.05, 0) is 37.6 Å². The van der Waals surface area contributed by atoms with Crippen molar-refractivity contribution >= 4 is 16.0 Å². The zero-order valence-electron chi connectivity index (χ0n) is 13.1. The summed E-state index contributed by atoms with van der Waals surface area (Å²) in [6.45, 7) is 3.46. The first kappa shape index (κ1) is 18.4. The van der Waals surface area contributed by atoms with Gasteiger partial charge in [-0.3, -0.25) is 0 Å². The summed E-state index contributed by atoms with van der Waals surface area (Å²) in [6, 6.07) is 4.06. The number of hydrogen-bond donors (Lipinski definition) is 1. The van der Waals surface area contributed by atoms with E-state index < -0.39 is 16.0 Å². The van der Waals surface area contributed by atoms with Crippen LogP contribution < -0.4 is 9.46 Å². The molecule has 1 atom stereocenters. The van der Waals surface area contributed by atoms with Crippen LogP contribution in [0, 0.1) is 6.92 Å². The molecular weight excluding hydrogens is 310 g/mol. The van der Waals surface area contributed by atoms with Gasteiger partial charge in [0.05, 0.1) is 18.6 Å². The van der Waals surface area contributed by atoms with E-state index in [-0.39, 0.29) is 24.2 Å². The SMILES string of the molecule is COC[C@H](C)NS(=O)(=O)c1ccc(OCC(=O)OC)c(C)c1. The van der Waals surface area contributed by atoms with Gasteiger partial charge in [0.15, 0.2) is 6.61 Å². The van der Waals surface area contributed by atoms with Crippen molar-refractivity contribution in [1.82, 2.24) is 4.72 Å². The van der Waals surface area contributed by atoms with Crippen molar-refractivity contribution in [3.63, 3.8) is 0 Å². The monoisotopic (exact) mass is 331 g/mol. The number of rotatable bonds is 8. The lowest BCUT2D eigenvalue weighted by atomic mass is 10.2. The van der Waals surface area contributed by atoms with Crippen LogP contribution in [0.25, 0.3) is 0 Å². The lowest BCUT2D eigenvalue weighted by molar-refractivity contribution is -0.142. The molecule has 0 radical (unpaired) electrons. The number of carbonyl (C=O) groups is 1. The maximum absolute atomic E-state index is 12.2. The van der Waals surface area contributed by atoms with E-state index in [0.29, 0.717) is 11.3 Å². The van der Waals surface area contributed by atoms with Gasteiger partial charge in [0.25, 0.3) is 0 Å². The van der Waals surface area contributed by atoms with Gasteiger partial charge in [-0.1, -0.05) is 0 Å². The molecule has 0 saturated carbocycles. The maximum Gasteiger partial charge on any atom is 0.343 e. The molecule has 0 aliphatic rings. The Balaban J connectivity index is 2.85. The van der Waals surface area contributed by atoms with E-state index in [0.717, 1.165) is 0 Å². The smallest absolute Gasteiger partial charge is 0.343 e. The second kappa shape index (κ2) is 8.11. The normalized spacial score (nSPS) is 12.7. The predicted octanol–water partition coefficient (Wildman–Crippen LogP) is 0.860. The van der Waals surface area contributed by atoms with Crippen molar-refractivity contribution < 1.29 is 27.4 Å². The molecular formula is C14H21NO6S. The quantitative estimate of drug-likeness (QED) is 0.711. The van der Waals surface area contributed by atoms with Gasteiger partial charge in [-0.25, -0.2) is 17.9 Å². The molecule has 7 nitrogen and oxygen atoms in total. The summed E-state index contributed by atoms with van der Waals surface area (Å²) in [4.78, 5) is 11.2. The molecule has 0 amide bonds. The Bertz CT molecular complexity index is 614. The van der Waals surface area contributed by atoms with E-state index in [1.54, 1.807) is 13.8 Å². The minimum atomic E-state index is -3.63. The number of ether oxygens (including phenoxy) is 3. The summed E-state index contributed by atoms with van der Waals surface area (Å²) >= 11 is 0. The van der Waals surface area contributed by atoms with Gasteiger partial charge in [0.2, 0.25) is 10.0 Å². The molecule has 124 valence electrons. The zero-order valence-corrected chi connectivity index (χ0v) is 13.9. The van der Waals surface area contributed by atoms with E-state index >= 15 is 0 Å². The number of hydrogen-bond acceptors (Lipinski definition) is 6. The van der Waals surface area contributed by atoms with E-state index in [2.05, 4.69) is 9.46 Å². The third-order valence-electron chi connectivity index (χ3n) is 2.80. The lowest BCUT2D eigenvalue weighted by Crippen LogP contribution is -2.35. The van der Waals surface area contributed by atoms with Crippen molar-refractivity contribution in [1.29, 1.82) is 0 Å². The lowest BCUT2D eigenvalue weighted by Gasteiger charge is -2.14. The van der Waals surface area contributed by atoms with Crippen LogP contribution in [0.4, 0.5) is 0 Å². The summed E-state index contributed by atoms with van der Waals surface area (Å²) in [7, 11) is -0.867. The van der Waals surface area contributed by atoms with E-state index in [9.17, 15) is 13.2 Å². The highest BCUT2D eigenvalue weighted by Gasteiger charge is 2.18. The predicted molar refractivity (Wildman–Crippen MR) is 80.3 cm³/mol. The number of carbonyl (C=O) groups excluding carboxylic acids is 1. The Labute approximate surface area is 130 Å². The van der Waals surface area contributed by atoms with Crippen LogP contribution in [0.15, 0.2) is 23.1 Å². The molecule has 0 spiro atoms. The summed E-state index contributed by atoms with van der Waals surface area (Å²) in [6.07, 6.45) is 0. The summed E-state index contributed by atoms with van der Waals surface area (Å²) in [5, 5.41) is 0. The molecule has 1 rings (SSSR count). The van der Waals surface area contributed by atoms with E-state index in [4.69, 9.17) is 9.47 Å². The highest BCUT2D eigenvalue weighted by molar-refractivity contribution is 7.89. The Morgan fingerprint density at radius 1 is 1.32 bits per heavy atom. The van der Waals surface area contributed by atoms with Crippen molar-refractivity contribution in [3.8, 4) is 5.75 Å². The van der Waals surface area contributed by atoms with Crippen LogP contribution in [0.2, 0.25) is 0 Å². The Morgan fingerprint density at radius 2 is 2.00 bits per heavy atom. The van der Waals surface area contributed by atoms with Crippen LogP contribution in [0.3, 0.4) is 0 Å². The molecule has 0 aliphatic heterocycles. The fourth-order valence-corrected chi connectivity index (χ4v) is 3.08. The van der Waals surface area contributed by atoms with E-state index in [1.165, 1.54) is 32.4 Å². The number of esters is 1. The van der Waals surface area contributed by atoms with Crippen molar-refractivity contribution in [2.45, 2.75) is 24.8 Å². The van der Waals surface area contributed by atoms with Gasteiger partial charge in [-0.15, -0.1) is 0 Å². The average Bonchev–Trinajstić information content (AvgIpc) is 2.45. The molecule has 0 bridgehead atoms. The van der Waals surface area contributed by atoms with Crippen LogP contribution in [0.1, 0.15) is 12.5 Å². The van der Waals surface area contributed by atoms with Crippen LogP contribution >= 0.6 is 0 Å². The van der Waals surface area contributed by atoms with Gasteiger partial charge >= 0.3 is 5.97 Å². The fraction of sp³-hybridized carbons (Fsp3) is 0.500. The largest absolute Gasteiger partial charge is 0.482 e. The highest BCUT2D eigenvalue weighted by Crippen LogP contribution is 2.22. The van der Waals surface area contributed by atoms with Gasteiger partial charge in [-0.2, -0.15) is 0 Å². The van der Waals surface area contributed by atoms with E-state index in [1.807, 2.05) is 0 Å². The Hall–Kier alpha value is -1.64. The maximum atomic E-state index is 12.2. The highest BCUT2D eigenvalue weighted by atomic mass is 32.2. The van der Waals surface area contributed by atoms with Crippen LogP contribution in [-0.2, 0) is 24.3 Å². The van der Waals surface area contributed by atoms with Gasteiger partial charge in [0, 0.05) is 13.2 Å². The molecule has 0 unspecified atom stereocenters. The number of nitrogens with one attached hydrogen (secondary N) is 1. The molecule has 22 heavy (non-hydrogen) atoms. The third kappa shape index (κ3) is 5.28. The average molecular weight is 331 g/mol. The van der Waals surface area contributed by atoms with Gasteiger partial charge in [0.1, 0.15) is 5.75 Å². The second-order valence-electron chi connectivity index (χ2n) is 4.77. The Morgan fingerprint density at radius 3 is 2.55 bits per heavy atom. The molecule has 1 aromatic rings. The molecule has 0 aliphatic carbocycles. The Kier molecular flexibility index (Phi) is 6.79. The minimum Gasteiger partial charge on any atom is -0.482 e. The minimum absolute atomic E-state index is 0.123. The van der Waals surface area contributed by atoms with Crippen molar-refractivity contribution in [3.05, 3.63) is 23.8 Å². The summed E-state index contributed by atoms with van der Waals surface area (Å²) < 4.78 is 41.6. The van der Waals surface area contributed by atoms with Crippen LogP contribution in [-0.4, -0.2) is 47.9 Å². The first-order chi connectivity index (χ1) is 10.3. The molecule has 0 fully saturated rings.